The zero-order chi connectivity index (χ0) is 18.4. The van der Waals surface area contributed by atoms with Crippen LogP contribution in [0.15, 0.2) is 41.1 Å². The lowest BCUT2D eigenvalue weighted by atomic mass is 10.0. The van der Waals surface area contributed by atoms with Crippen molar-refractivity contribution in [1.82, 2.24) is 4.90 Å². The predicted octanol–water partition coefficient (Wildman–Crippen LogP) is 4.44. The second-order valence-electron chi connectivity index (χ2n) is 6.42. The number of carboxylic acid groups (broad SMARTS) is 2. The summed E-state index contributed by atoms with van der Waals surface area (Å²) >= 11 is 1.62. The maximum absolute atomic E-state index is 11.6. The van der Waals surface area contributed by atoms with Crippen LogP contribution in [0.3, 0.4) is 0 Å². The predicted molar refractivity (Wildman–Crippen MR) is 99.1 cm³/mol. The first kappa shape index (κ1) is 19.0. The van der Waals surface area contributed by atoms with Crippen molar-refractivity contribution in [3.05, 3.63) is 46.7 Å². The largest absolute Gasteiger partial charge is 0.480 e. The average Bonchev–Trinajstić information content (AvgIpc) is 3.08. The molecule has 25 heavy (non-hydrogen) atoms. The van der Waals surface area contributed by atoms with Gasteiger partial charge in [0.05, 0.1) is 0 Å². The molecule has 6 heteroatoms. The van der Waals surface area contributed by atoms with Gasteiger partial charge in [-0.15, -0.1) is 0 Å². The zero-order valence-electron chi connectivity index (χ0n) is 14.4. The van der Waals surface area contributed by atoms with Gasteiger partial charge in [-0.2, -0.15) is 11.3 Å². The molecule has 0 aliphatic heterocycles. The summed E-state index contributed by atoms with van der Waals surface area (Å²) in [7, 11) is 0. The lowest BCUT2D eigenvalue weighted by Gasteiger charge is -2.27. The number of thiophene rings is 1. The smallest absolute Gasteiger partial charge is 0.408 e. The number of carbonyl (C=O) groups is 2. The average molecular weight is 361 g/mol. The molecule has 1 unspecified atom stereocenters. The molecule has 134 valence electrons. The van der Waals surface area contributed by atoms with E-state index in [2.05, 4.69) is 5.38 Å². The van der Waals surface area contributed by atoms with Crippen molar-refractivity contribution in [2.24, 2.45) is 5.92 Å². The van der Waals surface area contributed by atoms with E-state index in [0.29, 0.717) is 12.8 Å². The topological polar surface area (TPSA) is 77.8 Å². The third kappa shape index (κ3) is 5.32. The summed E-state index contributed by atoms with van der Waals surface area (Å²) in [5.41, 5.74) is 3.20. The number of hydrogen-bond acceptors (Lipinski definition) is 3. The van der Waals surface area contributed by atoms with Gasteiger partial charge >= 0.3 is 12.1 Å². The highest BCUT2D eigenvalue weighted by molar-refractivity contribution is 7.08. The third-order valence-corrected chi connectivity index (χ3v) is 4.71. The Morgan fingerprint density at radius 3 is 2.48 bits per heavy atom. The van der Waals surface area contributed by atoms with Crippen LogP contribution in [0, 0.1) is 5.92 Å². The number of aliphatic carboxylic acids is 1. The van der Waals surface area contributed by atoms with Gasteiger partial charge in [-0.1, -0.05) is 38.1 Å². The summed E-state index contributed by atoms with van der Waals surface area (Å²) in [6.45, 7) is 3.94. The molecule has 1 heterocycles. The number of rotatable bonds is 8. The van der Waals surface area contributed by atoms with Gasteiger partial charge in [-0.3, -0.25) is 4.90 Å². The van der Waals surface area contributed by atoms with E-state index >= 15 is 0 Å². The summed E-state index contributed by atoms with van der Waals surface area (Å²) in [6.07, 6.45) is -0.412. The quantitative estimate of drug-likeness (QED) is 0.729. The molecule has 2 N–H and O–H groups in total. The fourth-order valence-electron chi connectivity index (χ4n) is 2.78. The molecule has 2 aromatic rings. The van der Waals surface area contributed by atoms with Crippen LogP contribution in [0.25, 0.3) is 11.1 Å². The highest BCUT2D eigenvalue weighted by Gasteiger charge is 2.29. The number of hydrogen-bond donors (Lipinski definition) is 2. The van der Waals surface area contributed by atoms with Gasteiger partial charge in [0.2, 0.25) is 0 Å². The monoisotopic (exact) mass is 361 g/mol. The molecule has 0 aliphatic carbocycles. The Morgan fingerprint density at radius 1 is 1.16 bits per heavy atom. The Bertz CT molecular complexity index is 712. The first-order valence-corrected chi connectivity index (χ1v) is 9.16. The van der Waals surface area contributed by atoms with Gasteiger partial charge in [-0.05, 0) is 52.3 Å². The van der Waals surface area contributed by atoms with Gasteiger partial charge in [0.25, 0.3) is 0 Å². The Morgan fingerprint density at radius 2 is 1.92 bits per heavy atom. The van der Waals surface area contributed by atoms with Crippen LogP contribution in [0.5, 0.6) is 0 Å². The van der Waals surface area contributed by atoms with Gasteiger partial charge in [0.15, 0.2) is 0 Å². The van der Waals surface area contributed by atoms with E-state index in [9.17, 15) is 19.8 Å². The molecule has 0 radical (unpaired) electrons. The summed E-state index contributed by atoms with van der Waals surface area (Å²) in [4.78, 5) is 24.1. The summed E-state index contributed by atoms with van der Waals surface area (Å²) < 4.78 is 0. The van der Waals surface area contributed by atoms with Crippen LogP contribution < -0.4 is 0 Å². The Labute approximate surface area is 151 Å². The minimum absolute atomic E-state index is 0.102. The van der Waals surface area contributed by atoms with Gasteiger partial charge < -0.3 is 10.2 Å². The third-order valence-electron chi connectivity index (χ3n) is 4.02. The number of nitrogens with zero attached hydrogens (tertiary/aromatic N) is 1. The van der Waals surface area contributed by atoms with Crippen LogP contribution >= 0.6 is 11.3 Å². The van der Waals surface area contributed by atoms with E-state index in [1.807, 2.05) is 49.6 Å². The van der Waals surface area contributed by atoms with E-state index in [0.717, 1.165) is 21.6 Å². The molecule has 1 aromatic carbocycles. The molecule has 0 bridgehead atoms. The zero-order valence-corrected chi connectivity index (χ0v) is 15.2. The first-order valence-electron chi connectivity index (χ1n) is 8.22. The molecule has 1 atom stereocenters. The van der Waals surface area contributed by atoms with E-state index in [4.69, 9.17) is 0 Å². The highest BCUT2D eigenvalue weighted by atomic mass is 32.1. The van der Waals surface area contributed by atoms with Crippen molar-refractivity contribution in [2.45, 2.75) is 32.7 Å². The summed E-state index contributed by atoms with van der Waals surface area (Å²) in [6, 6.07) is 8.94. The van der Waals surface area contributed by atoms with Crippen molar-refractivity contribution < 1.29 is 19.8 Å². The van der Waals surface area contributed by atoms with Crippen LogP contribution in [0.1, 0.15) is 25.8 Å². The Kier molecular flexibility index (Phi) is 6.58. The number of carboxylic acids is 1. The Hall–Kier alpha value is -2.34. The van der Waals surface area contributed by atoms with Crippen LogP contribution in [0.4, 0.5) is 4.79 Å². The number of amides is 1. The number of benzene rings is 1. The molecule has 2 rings (SSSR count). The van der Waals surface area contributed by atoms with Crippen molar-refractivity contribution in [3.8, 4) is 11.1 Å². The molecule has 0 aliphatic rings. The van der Waals surface area contributed by atoms with Crippen molar-refractivity contribution >= 4 is 23.4 Å². The second-order valence-corrected chi connectivity index (χ2v) is 7.20. The van der Waals surface area contributed by atoms with E-state index in [1.54, 1.807) is 11.3 Å². The minimum atomic E-state index is -1.19. The van der Waals surface area contributed by atoms with Crippen LogP contribution in [-0.4, -0.2) is 39.8 Å². The molecular weight excluding hydrogens is 338 g/mol. The molecular formula is C19H23NO4S. The fraction of sp³-hybridized carbons (Fsp3) is 0.368. The molecule has 1 amide bonds. The van der Waals surface area contributed by atoms with E-state index < -0.39 is 18.1 Å². The maximum atomic E-state index is 11.6. The lowest BCUT2D eigenvalue weighted by Crippen LogP contribution is -2.46. The molecule has 0 saturated heterocycles. The summed E-state index contributed by atoms with van der Waals surface area (Å²) in [5.74, 6) is -0.993. The fourth-order valence-corrected chi connectivity index (χ4v) is 3.44. The molecule has 0 spiro atoms. The van der Waals surface area contributed by atoms with Gasteiger partial charge in [0.1, 0.15) is 6.04 Å². The van der Waals surface area contributed by atoms with Crippen LogP contribution in [0.2, 0.25) is 0 Å². The summed E-state index contributed by atoms with van der Waals surface area (Å²) in [5, 5.41) is 22.9. The normalized spacial score (nSPS) is 12.1. The van der Waals surface area contributed by atoms with E-state index in [-0.39, 0.29) is 12.5 Å². The van der Waals surface area contributed by atoms with Gasteiger partial charge in [0, 0.05) is 6.54 Å². The molecule has 0 fully saturated rings. The Balaban J connectivity index is 2.12. The molecule has 0 saturated carbocycles. The highest BCUT2D eigenvalue weighted by Crippen LogP contribution is 2.23. The lowest BCUT2D eigenvalue weighted by molar-refractivity contribution is -0.143. The van der Waals surface area contributed by atoms with E-state index in [1.165, 1.54) is 0 Å². The van der Waals surface area contributed by atoms with Crippen molar-refractivity contribution in [2.75, 3.05) is 6.54 Å². The standard InChI is InChI=1S/C19H23NO4S/c1-13(2)10-17(18(21)22)20(19(23)24)8-6-14-4-3-5-15(11-14)16-7-9-25-12-16/h3-5,7,9,11-13,17H,6,8,10H2,1-2H3,(H,21,22)(H,23,24). The second kappa shape index (κ2) is 8.67. The molecule has 1 aromatic heterocycles. The van der Waals surface area contributed by atoms with Crippen LogP contribution in [-0.2, 0) is 11.2 Å². The SMILES string of the molecule is CC(C)CC(C(=O)O)N(CCc1cccc(-c2ccsc2)c1)C(=O)O. The van der Waals surface area contributed by atoms with Gasteiger partial charge in [-0.25, -0.2) is 9.59 Å². The maximum Gasteiger partial charge on any atom is 0.408 e. The first-order chi connectivity index (χ1) is 11.9. The minimum Gasteiger partial charge on any atom is -0.480 e. The van der Waals surface area contributed by atoms with Crippen molar-refractivity contribution in [1.29, 1.82) is 0 Å². The molecule has 5 nitrogen and oxygen atoms in total. The van der Waals surface area contributed by atoms with Crippen molar-refractivity contribution in [3.63, 3.8) is 0 Å².